The maximum Gasteiger partial charge on any atom is 0.270 e. The van der Waals surface area contributed by atoms with Crippen LogP contribution < -0.4 is 16.0 Å². The van der Waals surface area contributed by atoms with Crippen LogP contribution in [0.25, 0.3) is 0 Å². The van der Waals surface area contributed by atoms with Gasteiger partial charge in [0.15, 0.2) is 0 Å². The fourth-order valence-electron chi connectivity index (χ4n) is 3.46. The van der Waals surface area contributed by atoms with Crippen molar-refractivity contribution in [1.29, 1.82) is 0 Å². The van der Waals surface area contributed by atoms with E-state index in [-0.39, 0.29) is 17.8 Å². The highest BCUT2D eigenvalue weighted by atomic mass is 16.6. The van der Waals surface area contributed by atoms with E-state index in [1.165, 1.54) is 12.1 Å². The minimum absolute atomic E-state index is 0.125. The van der Waals surface area contributed by atoms with Crippen LogP contribution in [0.15, 0.2) is 42.5 Å². The first-order valence-electron chi connectivity index (χ1n) is 9.55. The van der Waals surface area contributed by atoms with Crippen molar-refractivity contribution in [3.8, 4) is 0 Å². The van der Waals surface area contributed by atoms with Crippen LogP contribution in [0.2, 0.25) is 0 Å². The lowest BCUT2D eigenvalue weighted by atomic mass is 9.98. The number of non-ortho nitro benzene ring substituents is 1. The normalized spacial score (nSPS) is 14.4. The zero-order valence-electron chi connectivity index (χ0n) is 16.3. The summed E-state index contributed by atoms with van der Waals surface area (Å²) < 4.78 is 0. The monoisotopic (exact) mass is 396 g/mol. The number of nitrogens with two attached hydrogens (primary N) is 1. The number of primary amides is 1. The smallest absolute Gasteiger partial charge is 0.270 e. The summed E-state index contributed by atoms with van der Waals surface area (Å²) in [6, 6.07) is 11.1. The van der Waals surface area contributed by atoms with Gasteiger partial charge in [0.2, 0.25) is 5.91 Å². The van der Waals surface area contributed by atoms with E-state index in [4.69, 9.17) is 5.73 Å². The summed E-state index contributed by atoms with van der Waals surface area (Å²) in [5.74, 6) is -0.315. The van der Waals surface area contributed by atoms with Crippen LogP contribution in [-0.2, 0) is 6.54 Å². The predicted molar refractivity (Wildman–Crippen MR) is 110 cm³/mol. The van der Waals surface area contributed by atoms with Crippen molar-refractivity contribution in [1.82, 2.24) is 5.32 Å². The molecule has 0 spiro atoms. The van der Waals surface area contributed by atoms with Gasteiger partial charge in [-0.25, -0.2) is 0 Å². The molecule has 8 heteroatoms. The average Bonchev–Trinajstić information content (AvgIpc) is 2.72. The van der Waals surface area contributed by atoms with Gasteiger partial charge >= 0.3 is 0 Å². The number of anilines is 1. The quantitative estimate of drug-likeness (QED) is 0.575. The van der Waals surface area contributed by atoms with Crippen molar-refractivity contribution in [2.75, 3.05) is 18.0 Å². The van der Waals surface area contributed by atoms with Crippen LogP contribution in [0.4, 0.5) is 11.4 Å². The summed E-state index contributed by atoms with van der Waals surface area (Å²) in [5, 5.41) is 14.0. The van der Waals surface area contributed by atoms with Crippen LogP contribution in [-0.4, -0.2) is 29.8 Å². The van der Waals surface area contributed by atoms with E-state index in [1.54, 1.807) is 30.3 Å². The molecular weight excluding hydrogens is 372 g/mol. The van der Waals surface area contributed by atoms with Crippen molar-refractivity contribution in [2.24, 2.45) is 11.7 Å². The van der Waals surface area contributed by atoms with Crippen LogP contribution in [0.5, 0.6) is 0 Å². The molecule has 0 atom stereocenters. The standard InChI is InChI=1S/C21H24N4O4/c1-14-7-9-24(10-8-14)19-6-5-17(25(28)29)12-18(19)21(27)23-13-15-3-2-4-16(11-15)20(22)26/h2-6,11-12,14H,7-10,13H2,1H3,(H2,22,26)(H,23,27). The maximum atomic E-state index is 12.9. The highest BCUT2D eigenvalue weighted by molar-refractivity contribution is 6.00. The zero-order chi connectivity index (χ0) is 21.0. The summed E-state index contributed by atoms with van der Waals surface area (Å²) in [7, 11) is 0. The molecule has 2 amide bonds. The fourth-order valence-corrected chi connectivity index (χ4v) is 3.46. The molecule has 0 radical (unpaired) electrons. The lowest BCUT2D eigenvalue weighted by Gasteiger charge is -2.33. The second-order valence-electron chi connectivity index (χ2n) is 7.38. The Labute approximate surface area is 168 Å². The first-order chi connectivity index (χ1) is 13.8. The van der Waals surface area contributed by atoms with Crippen molar-refractivity contribution in [2.45, 2.75) is 26.3 Å². The molecule has 1 saturated heterocycles. The third-order valence-corrected chi connectivity index (χ3v) is 5.22. The Kier molecular flexibility index (Phi) is 6.11. The Hall–Kier alpha value is -3.42. The van der Waals surface area contributed by atoms with Crippen molar-refractivity contribution in [3.63, 3.8) is 0 Å². The number of carbonyl (C=O) groups is 2. The van der Waals surface area contributed by atoms with Crippen LogP contribution in [0.1, 0.15) is 46.0 Å². The number of amides is 2. The Morgan fingerprint density at radius 2 is 1.93 bits per heavy atom. The summed E-state index contributed by atoms with van der Waals surface area (Å²) in [6.45, 7) is 3.99. The third-order valence-electron chi connectivity index (χ3n) is 5.22. The van der Waals surface area contributed by atoms with Crippen molar-refractivity contribution in [3.05, 3.63) is 69.3 Å². The molecule has 1 fully saturated rings. The number of nitro groups is 1. The molecule has 0 saturated carbocycles. The van der Waals surface area contributed by atoms with E-state index in [0.29, 0.717) is 22.7 Å². The molecule has 8 nitrogen and oxygen atoms in total. The SMILES string of the molecule is CC1CCN(c2ccc([N+](=O)[O-])cc2C(=O)NCc2cccc(C(N)=O)c2)CC1. The maximum absolute atomic E-state index is 12.9. The average molecular weight is 396 g/mol. The number of nitro benzene ring substituents is 1. The van der Waals surface area contributed by atoms with Gasteiger partial charge < -0.3 is 16.0 Å². The van der Waals surface area contributed by atoms with Gasteiger partial charge in [-0.05, 0) is 42.5 Å². The van der Waals surface area contributed by atoms with Gasteiger partial charge in [-0.1, -0.05) is 19.1 Å². The second kappa shape index (κ2) is 8.72. The van der Waals surface area contributed by atoms with Gasteiger partial charge in [0.1, 0.15) is 0 Å². The molecule has 0 aromatic heterocycles. The van der Waals surface area contributed by atoms with Gasteiger partial charge in [-0.3, -0.25) is 19.7 Å². The van der Waals surface area contributed by atoms with Gasteiger partial charge in [-0.15, -0.1) is 0 Å². The largest absolute Gasteiger partial charge is 0.371 e. The number of carbonyl (C=O) groups excluding carboxylic acids is 2. The third kappa shape index (κ3) is 4.90. The minimum atomic E-state index is -0.543. The highest BCUT2D eigenvalue weighted by Gasteiger charge is 2.23. The van der Waals surface area contributed by atoms with E-state index in [1.807, 2.05) is 0 Å². The first kappa shape index (κ1) is 20.3. The van der Waals surface area contributed by atoms with Gasteiger partial charge in [-0.2, -0.15) is 0 Å². The second-order valence-corrected chi connectivity index (χ2v) is 7.38. The lowest BCUT2D eigenvalue weighted by Crippen LogP contribution is -2.35. The number of benzene rings is 2. The molecule has 2 aromatic rings. The number of piperidine rings is 1. The molecule has 0 aliphatic carbocycles. The van der Waals surface area contributed by atoms with Gasteiger partial charge in [0, 0.05) is 37.3 Å². The number of hydrogen-bond acceptors (Lipinski definition) is 5. The number of rotatable bonds is 6. The predicted octanol–water partition coefficient (Wildman–Crippen LogP) is 2.86. The minimum Gasteiger partial charge on any atom is -0.371 e. The molecule has 3 rings (SSSR count). The molecule has 152 valence electrons. The Bertz CT molecular complexity index is 936. The van der Waals surface area contributed by atoms with Crippen LogP contribution in [0, 0.1) is 16.0 Å². The lowest BCUT2D eigenvalue weighted by molar-refractivity contribution is -0.384. The number of nitrogens with zero attached hydrogens (tertiary/aromatic N) is 2. The molecule has 29 heavy (non-hydrogen) atoms. The van der Waals surface area contributed by atoms with E-state index in [9.17, 15) is 19.7 Å². The molecule has 3 N–H and O–H groups in total. The van der Waals surface area contributed by atoms with E-state index >= 15 is 0 Å². The number of nitrogens with one attached hydrogen (secondary N) is 1. The molecule has 0 unspecified atom stereocenters. The summed E-state index contributed by atoms with van der Waals surface area (Å²) in [4.78, 5) is 37.0. The van der Waals surface area contributed by atoms with E-state index in [0.717, 1.165) is 25.9 Å². The molecule has 1 aliphatic heterocycles. The Morgan fingerprint density at radius 3 is 2.59 bits per heavy atom. The molecule has 1 aliphatic rings. The molecule has 0 bridgehead atoms. The number of hydrogen-bond donors (Lipinski definition) is 2. The van der Waals surface area contributed by atoms with Crippen LogP contribution in [0.3, 0.4) is 0 Å². The van der Waals surface area contributed by atoms with Gasteiger partial charge in [0.25, 0.3) is 11.6 Å². The molecule has 1 heterocycles. The van der Waals surface area contributed by atoms with Crippen molar-refractivity contribution >= 4 is 23.2 Å². The Balaban J connectivity index is 1.82. The summed E-state index contributed by atoms with van der Waals surface area (Å²) in [6.07, 6.45) is 2.02. The highest BCUT2D eigenvalue weighted by Crippen LogP contribution is 2.29. The van der Waals surface area contributed by atoms with E-state index < -0.39 is 16.7 Å². The van der Waals surface area contributed by atoms with Crippen LogP contribution >= 0.6 is 0 Å². The molecule has 2 aromatic carbocycles. The fraction of sp³-hybridized carbons (Fsp3) is 0.333. The zero-order valence-corrected chi connectivity index (χ0v) is 16.3. The topological polar surface area (TPSA) is 119 Å². The Morgan fingerprint density at radius 1 is 1.21 bits per heavy atom. The van der Waals surface area contributed by atoms with Gasteiger partial charge in [0.05, 0.1) is 16.2 Å². The van der Waals surface area contributed by atoms with Crippen molar-refractivity contribution < 1.29 is 14.5 Å². The first-order valence-corrected chi connectivity index (χ1v) is 9.55. The molecular formula is C21H24N4O4. The van der Waals surface area contributed by atoms with E-state index in [2.05, 4.69) is 17.1 Å². The summed E-state index contributed by atoms with van der Waals surface area (Å²) >= 11 is 0. The summed E-state index contributed by atoms with van der Waals surface area (Å²) in [5.41, 5.74) is 7.22.